The van der Waals surface area contributed by atoms with Crippen molar-refractivity contribution in [2.45, 2.75) is 0 Å². The highest BCUT2D eigenvalue weighted by atomic mass is 32.1. The Morgan fingerprint density at radius 2 is 1.84 bits per heavy atom. The van der Waals surface area contributed by atoms with Crippen LogP contribution in [0.2, 0.25) is 0 Å². The van der Waals surface area contributed by atoms with Gasteiger partial charge in [-0.1, -0.05) is 30.3 Å². The van der Waals surface area contributed by atoms with E-state index >= 15 is 0 Å². The summed E-state index contributed by atoms with van der Waals surface area (Å²) in [5.41, 5.74) is 2.68. The minimum absolute atomic E-state index is 0.191. The van der Waals surface area contributed by atoms with E-state index in [1.807, 2.05) is 35.7 Å². The van der Waals surface area contributed by atoms with Gasteiger partial charge in [-0.05, 0) is 46.2 Å². The van der Waals surface area contributed by atoms with Crippen molar-refractivity contribution < 1.29 is 4.79 Å². The van der Waals surface area contributed by atoms with E-state index in [2.05, 4.69) is 20.9 Å². The zero-order valence-corrected chi connectivity index (χ0v) is 13.8. The van der Waals surface area contributed by atoms with E-state index in [0.29, 0.717) is 16.5 Å². The van der Waals surface area contributed by atoms with Crippen molar-refractivity contribution in [3.05, 3.63) is 81.4 Å². The first-order valence-corrected chi connectivity index (χ1v) is 8.58. The Morgan fingerprint density at radius 3 is 2.64 bits per heavy atom. The van der Waals surface area contributed by atoms with E-state index < -0.39 is 0 Å². The molecule has 2 aromatic heterocycles. The second-order valence-electron chi connectivity index (χ2n) is 5.49. The summed E-state index contributed by atoms with van der Waals surface area (Å²) in [4.78, 5) is 24.5. The first-order valence-electron chi connectivity index (χ1n) is 7.64. The minimum Gasteiger partial charge on any atom is -0.321 e. The number of thiophene rings is 1. The summed E-state index contributed by atoms with van der Waals surface area (Å²) in [5.74, 6) is -0.366. The smallest absolute Gasteiger partial charge is 0.276 e. The first-order chi connectivity index (χ1) is 12.2. The van der Waals surface area contributed by atoms with Crippen LogP contribution in [0.4, 0.5) is 5.69 Å². The largest absolute Gasteiger partial charge is 0.321 e. The van der Waals surface area contributed by atoms with Gasteiger partial charge in [0.15, 0.2) is 5.69 Å². The number of anilines is 1. The molecule has 25 heavy (non-hydrogen) atoms. The van der Waals surface area contributed by atoms with Crippen molar-refractivity contribution in [2.75, 3.05) is 5.32 Å². The Bertz CT molecular complexity index is 1120. The lowest BCUT2D eigenvalue weighted by Crippen LogP contribution is -2.19. The molecule has 0 atom stereocenters. The average molecular weight is 347 g/mol. The summed E-state index contributed by atoms with van der Waals surface area (Å²) < 4.78 is 0. The number of aromatic amines is 1. The average Bonchev–Trinajstić information content (AvgIpc) is 3.17. The molecule has 0 radical (unpaired) electrons. The van der Waals surface area contributed by atoms with Crippen LogP contribution >= 0.6 is 11.3 Å². The van der Waals surface area contributed by atoms with E-state index in [1.54, 1.807) is 35.6 Å². The molecule has 0 aliphatic rings. The number of carbonyl (C=O) groups excluding carboxylic acids is 1. The Balaban J connectivity index is 1.69. The summed E-state index contributed by atoms with van der Waals surface area (Å²) in [5, 5.41) is 14.2. The maximum absolute atomic E-state index is 12.6. The molecule has 4 aromatic rings. The van der Waals surface area contributed by atoms with Gasteiger partial charge in [-0.15, -0.1) is 0 Å². The first kappa shape index (κ1) is 15.3. The van der Waals surface area contributed by atoms with Crippen LogP contribution < -0.4 is 10.9 Å². The fraction of sp³-hybridized carbons (Fsp3) is 0. The van der Waals surface area contributed by atoms with Crippen LogP contribution in [-0.4, -0.2) is 16.1 Å². The van der Waals surface area contributed by atoms with E-state index in [4.69, 9.17) is 0 Å². The number of benzene rings is 2. The third kappa shape index (κ3) is 2.95. The van der Waals surface area contributed by atoms with Gasteiger partial charge in [0.05, 0.1) is 5.39 Å². The van der Waals surface area contributed by atoms with Gasteiger partial charge in [-0.2, -0.15) is 16.4 Å². The molecular weight excluding hydrogens is 334 g/mol. The van der Waals surface area contributed by atoms with Crippen molar-refractivity contribution in [3.8, 4) is 11.1 Å². The van der Waals surface area contributed by atoms with Crippen LogP contribution in [-0.2, 0) is 0 Å². The highest BCUT2D eigenvalue weighted by molar-refractivity contribution is 7.08. The van der Waals surface area contributed by atoms with Gasteiger partial charge >= 0.3 is 0 Å². The molecule has 0 bridgehead atoms. The Labute approximate surface area is 147 Å². The predicted octanol–water partition coefficient (Wildman–Crippen LogP) is 3.90. The molecule has 4 rings (SSSR count). The summed E-state index contributed by atoms with van der Waals surface area (Å²) in [6.45, 7) is 0. The van der Waals surface area contributed by atoms with Crippen LogP contribution in [0.5, 0.6) is 0 Å². The van der Waals surface area contributed by atoms with Gasteiger partial charge < -0.3 is 5.32 Å². The lowest BCUT2D eigenvalue weighted by Gasteiger charge is -2.08. The number of hydrogen-bond donors (Lipinski definition) is 2. The summed E-state index contributed by atoms with van der Waals surface area (Å²) in [6.07, 6.45) is 0. The Kier molecular flexibility index (Phi) is 3.87. The summed E-state index contributed by atoms with van der Waals surface area (Å²) >= 11 is 1.62. The molecule has 0 fully saturated rings. The molecule has 2 aromatic carbocycles. The fourth-order valence-corrected chi connectivity index (χ4v) is 3.35. The molecule has 122 valence electrons. The molecule has 2 heterocycles. The number of amides is 1. The van der Waals surface area contributed by atoms with Crippen LogP contribution in [0.3, 0.4) is 0 Å². The van der Waals surface area contributed by atoms with Crippen LogP contribution in [0.1, 0.15) is 10.5 Å². The fourth-order valence-electron chi connectivity index (χ4n) is 2.68. The standard InChI is InChI=1S/C19H13N3O2S/c23-18-16-7-2-1-6-15(16)17(21-22-18)19(24)20-14-5-3-4-12(10-14)13-8-9-25-11-13/h1-11H,(H,20,24)(H,22,23). The molecule has 2 N–H and O–H groups in total. The van der Waals surface area contributed by atoms with Crippen molar-refractivity contribution >= 4 is 33.7 Å². The molecule has 5 nitrogen and oxygen atoms in total. The van der Waals surface area contributed by atoms with Gasteiger partial charge in [0, 0.05) is 11.1 Å². The normalized spacial score (nSPS) is 10.7. The van der Waals surface area contributed by atoms with Gasteiger partial charge in [0.2, 0.25) is 0 Å². The summed E-state index contributed by atoms with van der Waals surface area (Å²) in [6, 6.07) is 16.6. The molecule has 6 heteroatoms. The molecule has 0 spiro atoms. The monoisotopic (exact) mass is 347 g/mol. The lowest BCUT2D eigenvalue weighted by molar-refractivity contribution is 0.102. The number of H-pyrrole nitrogens is 1. The number of hydrogen-bond acceptors (Lipinski definition) is 4. The van der Waals surface area contributed by atoms with Gasteiger partial charge in [-0.25, -0.2) is 5.10 Å². The van der Waals surface area contributed by atoms with Gasteiger partial charge in [0.1, 0.15) is 0 Å². The number of carbonyl (C=O) groups is 1. The molecule has 0 aliphatic heterocycles. The predicted molar refractivity (Wildman–Crippen MR) is 100 cm³/mol. The number of fused-ring (bicyclic) bond motifs is 1. The second-order valence-corrected chi connectivity index (χ2v) is 6.27. The molecule has 0 aliphatic carbocycles. The van der Waals surface area contributed by atoms with Crippen molar-refractivity contribution in [2.24, 2.45) is 0 Å². The van der Waals surface area contributed by atoms with Crippen molar-refractivity contribution in [1.82, 2.24) is 10.2 Å². The Hall–Kier alpha value is -3.25. The van der Waals surface area contributed by atoms with Crippen molar-refractivity contribution in [1.29, 1.82) is 0 Å². The maximum atomic E-state index is 12.6. The molecule has 0 saturated carbocycles. The number of rotatable bonds is 3. The molecule has 0 unspecified atom stereocenters. The third-order valence-corrected chi connectivity index (χ3v) is 4.57. The number of aromatic nitrogens is 2. The van der Waals surface area contributed by atoms with Gasteiger partial charge in [0.25, 0.3) is 11.5 Å². The quantitative estimate of drug-likeness (QED) is 0.590. The highest BCUT2D eigenvalue weighted by Crippen LogP contribution is 2.25. The van der Waals surface area contributed by atoms with E-state index in [0.717, 1.165) is 11.1 Å². The van der Waals surface area contributed by atoms with E-state index in [1.165, 1.54) is 0 Å². The van der Waals surface area contributed by atoms with Crippen LogP contribution in [0.15, 0.2) is 70.2 Å². The van der Waals surface area contributed by atoms with E-state index in [-0.39, 0.29) is 17.2 Å². The van der Waals surface area contributed by atoms with E-state index in [9.17, 15) is 9.59 Å². The topological polar surface area (TPSA) is 74.8 Å². The van der Waals surface area contributed by atoms with Crippen LogP contribution in [0, 0.1) is 0 Å². The molecule has 1 amide bonds. The molecular formula is C19H13N3O2S. The van der Waals surface area contributed by atoms with Gasteiger partial charge in [-0.3, -0.25) is 9.59 Å². The summed E-state index contributed by atoms with van der Waals surface area (Å²) in [7, 11) is 0. The number of nitrogens with one attached hydrogen (secondary N) is 2. The second kappa shape index (κ2) is 6.33. The van der Waals surface area contributed by atoms with Crippen LogP contribution in [0.25, 0.3) is 21.9 Å². The SMILES string of the molecule is O=C(Nc1cccc(-c2ccsc2)c1)c1n[nH]c(=O)c2ccccc12. The zero-order valence-electron chi connectivity index (χ0n) is 13.0. The lowest BCUT2D eigenvalue weighted by atomic mass is 10.1. The number of nitrogens with zero attached hydrogens (tertiary/aromatic N) is 1. The zero-order chi connectivity index (χ0) is 17.2. The highest BCUT2D eigenvalue weighted by Gasteiger charge is 2.14. The third-order valence-electron chi connectivity index (χ3n) is 3.89. The maximum Gasteiger partial charge on any atom is 0.276 e. The Morgan fingerprint density at radius 1 is 1.00 bits per heavy atom. The minimum atomic E-state index is -0.366. The van der Waals surface area contributed by atoms with Crippen molar-refractivity contribution in [3.63, 3.8) is 0 Å². The molecule has 0 saturated heterocycles.